The van der Waals surface area contributed by atoms with Gasteiger partial charge < -0.3 is 25.5 Å². The van der Waals surface area contributed by atoms with E-state index in [1.54, 1.807) is 0 Å². The standard InChI is InChI=1S/C24H39N3O5/c1-15(2)8-21(23(30)26-20(13-28)12-19-6-7-25-22(19)29)27-24(31)32-14-18-10-16-4-3-5-17(9-16)11-18/h13,15-21H,3-12,14H2,1-2H3,(H,25,29)(H,26,30)(H,27,31). The van der Waals surface area contributed by atoms with Gasteiger partial charge in [-0.2, -0.15) is 0 Å². The summed E-state index contributed by atoms with van der Waals surface area (Å²) in [4.78, 5) is 48.6. The van der Waals surface area contributed by atoms with E-state index < -0.39 is 24.1 Å². The number of nitrogens with one attached hydrogen (secondary N) is 3. The average molecular weight is 450 g/mol. The van der Waals surface area contributed by atoms with Gasteiger partial charge in [-0.3, -0.25) is 9.59 Å². The van der Waals surface area contributed by atoms with Crippen LogP contribution in [-0.4, -0.2) is 49.4 Å². The molecule has 2 saturated carbocycles. The van der Waals surface area contributed by atoms with E-state index in [1.807, 2.05) is 13.8 Å². The van der Waals surface area contributed by atoms with Gasteiger partial charge in [-0.05, 0) is 62.2 Å². The monoisotopic (exact) mass is 449 g/mol. The quantitative estimate of drug-likeness (QED) is 0.444. The molecule has 0 aromatic rings. The van der Waals surface area contributed by atoms with Gasteiger partial charge in [-0.15, -0.1) is 0 Å². The minimum atomic E-state index is -0.784. The van der Waals surface area contributed by atoms with Crippen molar-refractivity contribution in [3.05, 3.63) is 0 Å². The fourth-order valence-electron chi connectivity index (χ4n) is 5.69. The fraction of sp³-hybridized carbons (Fsp3) is 0.833. The number of ether oxygens (including phenoxy) is 1. The largest absolute Gasteiger partial charge is 0.449 e. The van der Waals surface area contributed by atoms with Crippen LogP contribution in [0.25, 0.3) is 0 Å². The lowest BCUT2D eigenvalue weighted by Crippen LogP contribution is -2.51. The van der Waals surface area contributed by atoms with Crippen LogP contribution >= 0.6 is 0 Å². The van der Waals surface area contributed by atoms with Crippen LogP contribution in [0.5, 0.6) is 0 Å². The molecule has 3 amide bonds. The Morgan fingerprint density at radius 1 is 1.12 bits per heavy atom. The minimum absolute atomic E-state index is 0.0848. The van der Waals surface area contributed by atoms with Gasteiger partial charge >= 0.3 is 6.09 Å². The summed E-state index contributed by atoms with van der Waals surface area (Å²) in [6.07, 6.45) is 8.89. The normalized spacial score (nSPS) is 29.0. The molecule has 2 bridgehead atoms. The van der Waals surface area contributed by atoms with Crippen molar-refractivity contribution < 1.29 is 23.9 Å². The number of amides is 3. The van der Waals surface area contributed by atoms with Crippen LogP contribution < -0.4 is 16.0 Å². The molecule has 8 nitrogen and oxygen atoms in total. The molecule has 180 valence electrons. The molecule has 8 heteroatoms. The molecular formula is C24H39N3O5. The van der Waals surface area contributed by atoms with Crippen LogP contribution in [0.15, 0.2) is 0 Å². The van der Waals surface area contributed by atoms with Gasteiger partial charge in [0, 0.05) is 12.5 Å². The predicted molar refractivity (Wildman–Crippen MR) is 120 cm³/mol. The van der Waals surface area contributed by atoms with Crippen LogP contribution in [0.1, 0.15) is 71.6 Å². The average Bonchev–Trinajstić information content (AvgIpc) is 3.15. The molecule has 2 aliphatic carbocycles. The molecular weight excluding hydrogens is 410 g/mol. The number of alkyl carbamates (subject to hydrolysis) is 1. The Morgan fingerprint density at radius 2 is 1.84 bits per heavy atom. The SMILES string of the molecule is CC(C)CC(NC(=O)OCC1CC2CCCC(C2)C1)C(=O)NC(C=O)CC1CCNC1=O. The molecule has 5 atom stereocenters. The van der Waals surface area contributed by atoms with Gasteiger partial charge in [0.15, 0.2) is 0 Å². The first-order chi connectivity index (χ1) is 15.3. The summed E-state index contributed by atoms with van der Waals surface area (Å²) >= 11 is 0. The lowest BCUT2D eigenvalue weighted by Gasteiger charge is -2.38. The van der Waals surface area contributed by atoms with E-state index in [2.05, 4.69) is 16.0 Å². The fourth-order valence-corrected chi connectivity index (χ4v) is 5.69. The molecule has 1 heterocycles. The Kier molecular flexibility index (Phi) is 8.93. The number of carbonyl (C=O) groups excluding carboxylic acids is 4. The van der Waals surface area contributed by atoms with Crippen molar-refractivity contribution in [2.24, 2.45) is 29.6 Å². The van der Waals surface area contributed by atoms with Crippen molar-refractivity contribution in [2.75, 3.05) is 13.2 Å². The van der Waals surface area contributed by atoms with Crippen LogP contribution in [0.4, 0.5) is 4.79 Å². The molecule has 0 aromatic heterocycles. The van der Waals surface area contributed by atoms with E-state index in [0.717, 1.165) is 24.7 Å². The van der Waals surface area contributed by atoms with Crippen LogP contribution in [0, 0.1) is 29.6 Å². The van der Waals surface area contributed by atoms with Gasteiger partial charge in [0.2, 0.25) is 11.8 Å². The summed E-state index contributed by atoms with van der Waals surface area (Å²) < 4.78 is 5.51. The highest BCUT2D eigenvalue weighted by atomic mass is 16.5. The third-order valence-corrected chi connectivity index (χ3v) is 7.18. The topological polar surface area (TPSA) is 114 Å². The predicted octanol–water partition coefficient (Wildman–Crippen LogP) is 2.55. The van der Waals surface area contributed by atoms with Crippen molar-refractivity contribution in [1.29, 1.82) is 0 Å². The van der Waals surface area contributed by atoms with E-state index in [1.165, 1.54) is 25.7 Å². The second kappa shape index (κ2) is 11.7. The minimum Gasteiger partial charge on any atom is -0.449 e. The van der Waals surface area contributed by atoms with Gasteiger partial charge in [-0.25, -0.2) is 4.79 Å². The van der Waals surface area contributed by atoms with Crippen molar-refractivity contribution >= 4 is 24.2 Å². The first-order valence-corrected chi connectivity index (χ1v) is 12.3. The number of hydrogen-bond acceptors (Lipinski definition) is 5. The molecule has 0 aromatic carbocycles. The zero-order chi connectivity index (χ0) is 23.1. The van der Waals surface area contributed by atoms with E-state index in [0.29, 0.717) is 38.2 Å². The number of fused-ring (bicyclic) bond motifs is 2. The highest BCUT2D eigenvalue weighted by Gasteiger charge is 2.33. The highest BCUT2D eigenvalue weighted by molar-refractivity contribution is 5.88. The Bertz CT molecular complexity index is 671. The van der Waals surface area contributed by atoms with Crippen LogP contribution in [0.2, 0.25) is 0 Å². The lowest BCUT2D eigenvalue weighted by molar-refractivity contribution is -0.127. The number of rotatable bonds is 10. The molecule has 3 aliphatic rings. The van der Waals surface area contributed by atoms with Crippen molar-refractivity contribution in [3.8, 4) is 0 Å². The van der Waals surface area contributed by atoms with Crippen molar-refractivity contribution in [1.82, 2.24) is 16.0 Å². The maximum absolute atomic E-state index is 12.8. The summed E-state index contributed by atoms with van der Waals surface area (Å²) in [6, 6.07) is -1.54. The summed E-state index contributed by atoms with van der Waals surface area (Å²) in [6.45, 7) is 4.92. The van der Waals surface area contributed by atoms with Crippen LogP contribution in [-0.2, 0) is 19.1 Å². The molecule has 1 saturated heterocycles. The maximum atomic E-state index is 12.8. The van der Waals surface area contributed by atoms with E-state index in [-0.39, 0.29) is 24.2 Å². The summed E-state index contributed by atoms with van der Waals surface area (Å²) in [5, 5.41) is 8.14. The third kappa shape index (κ3) is 7.20. The van der Waals surface area contributed by atoms with Gasteiger partial charge in [0.05, 0.1) is 12.6 Å². The zero-order valence-corrected chi connectivity index (χ0v) is 19.4. The number of hydrogen-bond donors (Lipinski definition) is 3. The number of aldehydes is 1. The smallest absolute Gasteiger partial charge is 0.407 e. The van der Waals surface area contributed by atoms with E-state index in [4.69, 9.17) is 4.74 Å². The summed E-state index contributed by atoms with van der Waals surface area (Å²) in [7, 11) is 0. The second-order valence-electron chi connectivity index (χ2n) is 10.4. The second-order valence-corrected chi connectivity index (χ2v) is 10.4. The van der Waals surface area contributed by atoms with Gasteiger partial charge in [0.1, 0.15) is 12.3 Å². The Morgan fingerprint density at radius 3 is 2.44 bits per heavy atom. The number of carbonyl (C=O) groups is 4. The molecule has 3 N–H and O–H groups in total. The lowest BCUT2D eigenvalue weighted by atomic mass is 9.68. The van der Waals surface area contributed by atoms with E-state index >= 15 is 0 Å². The van der Waals surface area contributed by atoms with E-state index in [9.17, 15) is 19.2 Å². The highest BCUT2D eigenvalue weighted by Crippen LogP contribution is 2.42. The van der Waals surface area contributed by atoms with Gasteiger partial charge in [0.25, 0.3) is 0 Å². The maximum Gasteiger partial charge on any atom is 0.407 e. The van der Waals surface area contributed by atoms with Crippen molar-refractivity contribution in [2.45, 2.75) is 83.7 Å². The Labute approximate surface area is 191 Å². The van der Waals surface area contributed by atoms with Crippen molar-refractivity contribution in [3.63, 3.8) is 0 Å². The zero-order valence-electron chi connectivity index (χ0n) is 19.4. The molecule has 3 fully saturated rings. The Balaban J connectivity index is 1.48. The summed E-state index contributed by atoms with van der Waals surface area (Å²) in [5.41, 5.74) is 0. The molecule has 0 radical (unpaired) electrons. The van der Waals surface area contributed by atoms with Crippen LogP contribution in [0.3, 0.4) is 0 Å². The third-order valence-electron chi connectivity index (χ3n) is 7.18. The molecule has 0 spiro atoms. The summed E-state index contributed by atoms with van der Waals surface area (Å²) in [5.74, 6) is 1.32. The Hall–Kier alpha value is -2.12. The molecule has 32 heavy (non-hydrogen) atoms. The molecule has 3 rings (SSSR count). The molecule has 5 unspecified atom stereocenters. The first kappa shape index (κ1) is 24.5. The molecule has 1 aliphatic heterocycles. The first-order valence-electron chi connectivity index (χ1n) is 12.3. The van der Waals surface area contributed by atoms with Gasteiger partial charge in [-0.1, -0.05) is 33.1 Å².